The molecule has 10 heteroatoms. The third-order valence-electron chi connectivity index (χ3n) is 5.50. The third-order valence-corrected chi connectivity index (χ3v) is 5.50. The van der Waals surface area contributed by atoms with E-state index in [0.717, 1.165) is 11.1 Å². The minimum atomic E-state index is -2.49. The van der Waals surface area contributed by atoms with Crippen LogP contribution in [0.3, 0.4) is 0 Å². The molecule has 4 heterocycles. The Labute approximate surface area is 170 Å². The summed E-state index contributed by atoms with van der Waals surface area (Å²) in [7, 11) is 0. The largest absolute Gasteiger partial charge is 0.390 e. The number of fused-ring (bicyclic) bond motifs is 2. The van der Waals surface area contributed by atoms with E-state index in [4.69, 9.17) is 0 Å². The highest BCUT2D eigenvalue weighted by atomic mass is 19.3. The lowest BCUT2D eigenvalue weighted by Crippen LogP contribution is -2.48. The van der Waals surface area contributed by atoms with Gasteiger partial charge >= 0.3 is 0 Å². The molecule has 0 bridgehead atoms. The summed E-state index contributed by atoms with van der Waals surface area (Å²) in [6.45, 7) is 3.06. The molecule has 0 amide bonds. The van der Waals surface area contributed by atoms with Crippen LogP contribution in [0.1, 0.15) is 25.6 Å². The molecule has 0 radical (unpaired) electrons. The lowest BCUT2D eigenvalue weighted by molar-refractivity contribution is -0.0236. The molecule has 1 saturated carbocycles. The van der Waals surface area contributed by atoms with Crippen molar-refractivity contribution in [2.75, 3.05) is 5.32 Å². The fourth-order valence-electron chi connectivity index (χ4n) is 4.09. The van der Waals surface area contributed by atoms with Gasteiger partial charge in [-0.15, -0.1) is 5.10 Å². The summed E-state index contributed by atoms with van der Waals surface area (Å²) >= 11 is 0. The van der Waals surface area contributed by atoms with Gasteiger partial charge in [-0.25, -0.2) is 28.2 Å². The molecule has 5 rings (SSSR count). The highest BCUT2D eigenvalue weighted by Gasteiger charge is 2.38. The van der Waals surface area contributed by atoms with Crippen LogP contribution in [-0.4, -0.2) is 52.3 Å². The van der Waals surface area contributed by atoms with Gasteiger partial charge in [-0.1, -0.05) is 0 Å². The zero-order chi connectivity index (χ0) is 21.0. The van der Waals surface area contributed by atoms with Crippen molar-refractivity contribution in [2.45, 2.75) is 51.3 Å². The summed E-state index contributed by atoms with van der Waals surface area (Å²) in [5.41, 5.74) is 2.59. The molecule has 0 spiro atoms. The standard InChI is InChI=1S/C20H21F2N7O/c1-11-24-15-4-3-14(26-18(15)28(11)10-17(21)22)13-5-6-29-16(13)9-23-19(27-29)25-12-7-20(2,30)8-12/h3-6,9,12,17,30H,7-8,10H2,1-2H3,(H,25,27)/t12-,20+. The number of aliphatic hydroxyl groups is 1. The van der Waals surface area contributed by atoms with Gasteiger partial charge < -0.3 is 15.0 Å². The Bertz CT molecular complexity index is 1240. The highest BCUT2D eigenvalue weighted by Crippen LogP contribution is 2.33. The number of pyridine rings is 1. The van der Waals surface area contributed by atoms with Crippen molar-refractivity contribution in [1.82, 2.24) is 29.1 Å². The van der Waals surface area contributed by atoms with Gasteiger partial charge in [-0.05, 0) is 44.9 Å². The summed E-state index contributed by atoms with van der Waals surface area (Å²) in [4.78, 5) is 13.3. The maximum atomic E-state index is 13.0. The summed E-state index contributed by atoms with van der Waals surface area (Å²) in [5.74, 6) is 0.991. The maximum Gasteiger partial charge on any atom is 0.256 e. The quantitative estimate of drug-likeness (QED) is 0.522. The molecule has 2 N–H and O–H groups in total. The maximum absolute atomic E-state index is 13.0. The van der Waals surface area contributed by atoms with Gasteiger partial charge in [0.15, 0.2) is 5.65 Å². The number of rotatable bonds is 5. The fourth-order valence-corrected chi connectivity index (χ4v) is 4.09. The molecule has 4 aromatic rings. The molecule has 0 aromatic carbocycles. The second-order valence-corrected chi connectivity index (χ2v) is 8.09. The second-order valence-electron chi connectivity index (χ2n) is 8.09. The van der Waals surface area contributed by atoms with Crippen LogP contribution in [-0.2, 0) is 6.54 Å². The van der Waals surface area contributed by atoms with E-state index < -0.39 is 18.6 Å². The van der Waals surface area contributed by atoms with Crippen LogP contribution in [0.25, 0.3) is 27.9 Å². The first-order valence-electron chi connectivity index (χ1n) is 9.75. The Balaban J connectivity index is 1.48. The third kappa shape index (κ3) is 3.26. The minimum absolute atomic E-state index is 0.148. The number of imidazole rings is 1. The Morgan fingerprint density at radius 1 is 1.27 bits per heavy atom. The summed E-state index contributed by atoms with van der Waals surface area (Å²) in [6.07, 6.45) is 2.33. The van der Waals surface area contributed by atoms with Gasteiger partial charge in [0.05, 0.1) is 29.6 Å². The minimum Gasteiger partial charge on any atom is -0.390 e. The zero-order valence-electron chi connectivity index (χ0n) is 16.5. The molecule has 8 nitrogen and oxygen atoms in total. The number of aryl methyl sites for hydroxylation is 1. The van der Waals surface area contributed by atoms with Crippen LogP contribution >= 0.6 is 0 Å². The average molecular weight is 413 g/mol. The number of anilines is 1. The summed E-state index contributed by atoms with van der Waals surface area (Å²) in [6, 6.07) is 5.63. The SMILES string of the molecule is Cc1nc2ccc(-c3ccn4nc(N[C@H]5C[C@@](C)(O)C5)ncc34)nc2n1CC(F)F. The van der Waals surface area contributed by atoms with Gasteiger partial charge in [-0.3, -0.25) is 0 Å². The van der Waals surface area contributed by atoms with Gasteiger partial charge in [0.25, 0.3) is 6.43 Å². The number of nitrogens with one attached hydrogen (secondary N) is 1. The second kappa shape index (κ2) is 6.69. The van der Waals surface area contributed by atoms with E-state index in [1.165, 1.54) is 4.57 Å². The number of hydrogen-bond acceptors (Lipinski definition) is 6. The Morgan fingerprint density at radius 3 is 2.80 bits per heavy atom. The number of aromatic nitrogens is 6. The summed E-state index contributed by atoms with van der Waals surface area (Å²) in [5, 5.41) is 17.6. The van der Waals surface area contributed by atoms with Crippen LogP contribution in [0.15, 0.2) is 30.6 Å². The Morgan fingerprint density at radius 2 is 2.07 bits per heavy atom. The lowest BCUT2D eigenvalue weighted by Gasteiger charge is -2.41. The smallest absolute Gasteiger partial charge is 0.256 e. The fraction of sp³-hybridized carbons (Fsp3) is 0.400. The molecular formula is C20H21F2N7O. The molecular weight excluding hydrogens is 392 g/mol. The lowest BCUT2D eigenvalue weighted by atomic mass is 9.77. The molecule has 30 heavy (non-hydrogen) atoms. The van der Waals surface area contributed by atoms with Gasteiger partial charge in [-0.2, -0.15) is 0 Å². The van der Waals surface area contributed by atoms with Crippen LogP contribution in [0, 0.1) is 6.92 Å². The normalized spacial score (nSPS) is 21.5. The number of nitrogens with zero attached hydrogens (tertiary/aromatic N) is 6. The predicted molar refractivity (Wildman–Crippen MR) is 108 cm³/mol. The van der Waals surface area contributed by atoms with E-state index in [-0.39, 0.29) is 6.04 Å². The van der Waals surface area contributed by atoms with Crippen LogP contribution in [0.2, 0.25) is 0 Å². The van der Waals surface area contributed by atoms with Crippen molar-refractivity contribution in [2.24, 2.45) is 0 Å². The van der Waals surface area contributed by atoms with Crippen molar-refractivity contribution in [3.63, 3.8) is 0 Å². The molecule has 0 unspecified atom stereocenters. The predicted octanol–water partition coefficient (Wildman–Crippen LogP) is 3.04. The van der Waals surface area contributed by atoms with Crippen molar-refractivity contribution in [1.29, 1.82) is 0 Å². The van der Waals surface area contributed by atoms with Gasteiger partial charge in [0.2, 0.25) is 5.95 Å². The summed E-state index contributed by atoms with van der Waals surface area (Å²) < 4.78 is 29.1. The molecule has 0 atom stereocenters. The van der Waals surface area contributed by atoms with E-state index in [1.54, 1.807) is 23.7 Å². The van der Waals surface area contributed by atoms with E-state index in [1.807, 2.05) is 25.3 Å². The van der Waals surface area contributed by atoms with Crippen molar-refractivity contribution < 1.29 is 13.9 Å². The molecule has 1 fully saturated rings. The van der Waals surface area contributed by atoms with Crippen molar-refractivity contribution >= 4 is 22.6 Å². The molecule has 0 saturated heterocycles. The molecule has 4 aromatic heterocycles. The van der Waals surface area contributed by atoms with E-state index >= 15 is 0 Å². The number of hydrogen-bond donors (Lipinski definition) is 2. The number of halogens is 2. The average Bonchev–Trinajstić information content (AvgIpc) is 3.20. The van der Waals surface area contributed by atoms with Crippen LogP contribution in [0.5, 0.6) is 0 Å². The highest BCUT2D eigenvalue weighted by molar-refractivity contribution is 5.82. The Hall–Kier alpha value is -3.14. The van der Waals surface area contributed by atoms with E-state index in [9.17, 15) is 13.9 Å². The molecule has 1 aliphatic rings. The Kier molecular flexibility index (Phi) is 4.21. The van der Waals surface area contributed by atoms with E-state index in [2.05, 4.69) is 25.4 Å². The monoisotopic (exact) mass is 413 g/mol. The first-order valence-corrected chi connectivity index (χ1v) is 9.75. The molecule has 0 aliphatic heterocycles. The van der Waals surface area contributed by atoms with E-state index in [0.29, 0.717) is 41.5 Å². The first kappa shape index (κ1) is 18.9. The number of alkyl halides is 2. The van der Waals surface area contributed by atoms with Gasteiger partial charge in [0, 0.05) is 17.8 Å². The van der Waals surface area contributed by atoms with Crippen LogP contribution in [0.4, 0.5) is 14.7 Å². The molecule has 156 valence electrons. The van der Waals surface area contributed by atoms with Gasteiger partial charge in [0.1, 0.15) is 11.3 Å². The topological polar surface area (TPSA) is 93.2 Å². The zero-order valence-corrected chi connectivity index (χ0v) is 16.5. The molecule has 1 aliphatic carbocycles. The first-order chi connectivity index (χ1) is 14.3. The van der Waals surface area contributed by atoms with Crippen LogP contribution < -0.4 is 5.32 Å². The van der Waals surface area contributed by atoms with Crippen molar-refractivity contribution in [3.05, 3.63) is 36.4 Å². The van der Waals surface area contributed by atoms with Crippen molar-refractivity contribution in [3.8, 4) is 11.3 Å².